The van der Waals surface area contributed by atoms with Crippen LogP contribution in [-0.2, 0) is 13.5 Å². The van der Waals surface area contributed by atoms with Gasteiger partial charge in [0.15, 0.2) is 0 Å². The number of ether oxygens (including phenoxy) is 1. The van der Waals surface area contributed by atoms with Crippen molar-refractivity contribution in [1.82, 2.24) is 4.57 Å². The normalized spacial score (nSPS) is 10.8. The van der Waals surface area contributed by atoms with Gasteiger partial charge >= 0.3 is 5.97 Å². The van der Waals surface area contributed by atoms with Gasteiger partial charge in [0.2, 0.25) is 0 Å². The van der Waals surface area contributed by atoms with Gasteiger partial charge < -0.3 is 14.4 Å². The molecule has 0 unspecified atom stereocenters. The maximum atomic E-state index is 11.5. The molecular weight excluding hydrogens is 230 g/mol. The summed E-state index contributed by atoms with van der Waals surface area (Å²) < 4.78 is 7.12. The number of hydrogen-bond acceptors (Lipinski definition) is 2. The van der Waals surface area contributed by atoms with Gasteiger partial charge in [-0.1, -0.05) is 13.3 Å². The van der Waals surface area contributed by atoms with Crippen molar-refractivity contribution in [2.75, 3.05) is 7.11 Å². The summed E-state index contributed by atoms with van der Waals surface area (Å²) in [4.78, 5) is 11.5. The Morgan fingerprint density at radius 3 is 2.72 bits per heavy atom. The second kappa shape index (κ2) is 4.72. The number of carboxylic acids is 1. The van der Waals surface area contributed by atoms with E-state index in [1.54, 1.807) is 13.2 Å². The van der Waals surface area contributed by atoms with Crippen LogP contribution in [-0.4, -0.2) is 22.8 Å². The van der Waals surface area contributed by atoms with Crippen molar-refractivity contribution in [2.45, 2.75) is 19.8 Å². The van der Waals surface area contributed by atoms with Crippen molar-refractivity contribution in [3.05, 3.63) is 29.5 Å². The van der Waals surface area contributed by atoms with E-state index in [9.17, 15) is 9.90 Å². The van der Waals surface area contributed by atoms with Crippen LogP contribution in [0.1, 0.15) is 29.4 Å². The molecule has 1 heterocycles. The molecule has 0 amide bonds. The molecule has 1 N–H and O–H groups in total. The summed E-state index contributed by atoms with van der Waals surface area (Å²) >= 11 is 0. The lowest BCUT2D eigenvalue weighted by Gasteiger charge is -2.03. The third-order valence-electron chi connectivity index (χ3n) is 3.23. The molecule has 2 rings (SSSR count). The Labute approximate surface area is 106 Å². The number of carboxylic acid groups (broad SMARTS) is 1. The number of rotatable bonds is 4. The zero-order chi connectivity index (χ0) is 13.3. The zero-order valence-corrected chi connectivity index (χ0v) is 10.9. The smallest absolute Gasteiger partial charge is 0.338 e. The first-order valence-electron chi connectivity index (χ1n) is 5.98. The maximum Gasteiger partial charge on any atom is 0.338 e. The summed E-state index contributed by atoms with van der Waals surface area (Å²) in [6.45, 7) is 2.05. The van der Waals surface area contributed by atoms with Gasteiger partial charge in [-0.3, -0.25) is 0 Å². The quantitative estimate of drug-likeness (QED) is 0.903. The van der Waals surface area contributed by atoms with E-state index in [0.29, 0.717) is 11.3 Å². The van der Waals surface area contributed by atoms with E-state index in [1.165, 1.54) is 0 Å². The Balaban J connectivity index is 2.79. The lowest BCUT2D eigenvalue weighted by atomic mass is 10.1. The van der Waals surface area contributed by atoms with Crippen molar-refractivity contribution in [3.63, 3.8) is 0 Å². The summed E-state index contributed by atoms with van der Waals surface area (Å²) in [6, 6.07) is 5.54. The first kappa shape index (κ1) is 12.5. The van der Waals surface area contributed by atoms with Gasteiger partial charge in [0, 0.05) is 23.6 Å². The van der Waals surface area contributed by atoms with Crippen LogP contribution in [0.5, 0.6) is 5.75 Å². The molecule has 0 aliphatic rings. The summed E-state index contributed by atoms with van der Waals surface area (Å²) in [6.07, 6.45) is 1.68. The van der Waals surface area contributed by atoms with Gasteiger partial charge in [-0.2, -0.15) is 0 Å². The molecule has 4 heteroatoms. The number of carbonyl (C=O) groups is 1. The van der Waals surface area contributed by atoms with E-state index in [-0.39, 0.29) is 0 Å². The molecule has 0 radical (unpaired) electrons. The van der Waals surface area contributed by atoms with E-state index < -0.39 is 5.97 Å². The van der Waals surface area contributed by atoms with E-state index >= 15 is 0 Å². The van der Waals surface area contributed by atoms with Crippen molar-refractivity contribution in [2.24, 2.45) is 7.05 Å². The molecule has 0 spiro atoms. The minimum Gasteiger partial charge on any atom is -0.497 e. The van der Waals surface area contributed by atoms with Crippen molar-refractivity contribution < 1.29 is 14.6 Å². The lowest BCUT2D eigenvalue weighted by molar-refractivity contribution is 0.0697. The van der Waals surface area contributed by atoms with Crippen LogP contribution in [0, 0.1) is 0 Å². The molecule has 0 aliphatic carbocycles. The Kier molecular flexibility index (Phi) is 3.28. The molecular formula is C14H17NO3. The van der Waals surface area contributed by atoms with Gasteiger partial charge in [-0.15, -0.1) is 0 Å². The number of nitrogens with zero attached hydrogens (tertiary/aromatic N) is 1. The SMILES string of the molecule is CCCc1c(C(=O)O)c2cc(OC)ccc2n1C. The standard InChI is InChI=1S/C14H17NO3/c1-4-5-12-13(14(16)17)10-8-9(18-3)6-7-11(10)15(12)2/h6-8H,4-5H2,1-3H3,(H,16,17). The van der Waals surface area contributed by atoms with Crippen LogP contribution in [0.3, 0.4) is 0 Å². The van der Waals surface area contributed by atoms with Gasteiger partial charge in [-0.25, -0.2) is 4.79 Å². The number of aryl methyl sites for hydroxylation is 1. The van der Waals surface area contributed by atoms with Crippen LogP contribution in [0.15, 0.2) is 18.2 Å². The first-order chi connectivity index (χ1) is 8.60. The highest BCUT2D eigenvalue weighted by molar-refractivity contribution is 6.05. The highest BCUT2D eigenvalue weighted by atomic mass is 16.5. The first-order valence-corrected chi connectivity index (χ1v) is 5.98. The number of aromatic carboxylic acids is 1. The predicted octanol–water partition coefficient (Wildman–Crippen LogP) is 2.84. The molecule has 0 atom stereocenters. The van der Waals surface area contributed by atoms with Crippen LogP contribution < -0.4 is 4.74 Å². The molecule has 1 aromatic heterocycles. The lowest BCUT2D eigenvalue weighted by Crippen LogP contribution is -2.03. The second-order valence-corrected chi connectivity index (χ2v) is 4.32. The molecule has 0 saturated carbocycles. The molecule has 2 aromatic rings. The fourth-order valence-corrected chi connectivity index (χ4v) is 2.37. The van der Waals surface area contributed by atoms with E-state index in [1.807, 2.05) is 30.7 Å². The number of hydrogen-bond donors (Lipinski definition) is 1. The van der Waals surface area contributed by atoms with Crippen LogP contribution in [0.4, 0.5) is 0 Å². The van der Waals surface area contributed by atoms with Crippen LogP contribution in [0.2, 0.25) is 0 Å². The average molecular weight is 247 g/mol. The number of fused-ring (bicyclic) bond motifs is 1. The van der Waals surface area contributed by atoms with Gasteiger partial charge in [0.05, 0.1) is 12.7 Å². The van der Waals surface area contributed by atoms with Crippen LogP contribution in [0.25, 0.3) is 10.9 Å². The fraction of sp³-hybridized carbons (Fsp3) is 0.357. The van der Waals surface area contributed by atoms with Crippen LogP contribution >= 0.6 is 0 Å². The topological polar surface area (TPSA) is 51.5 Å². The Hall–Kier alpha value is -1.97. The number of methoxy groups -OCH3 is 1. The van der Waals surface area contributed by atoms with E-state index in [4.69, 9.17) is 4.74 Å². The van der Waals surface area contributed by atoms with Gasteiger partial charge in [-0.05, 0) is 24.6 Å². The highest BCUT2D eigenvalue weighted by Gasteiger charge is 2.20. The third-order valence-corrected chi connectivity index (χ3v) is 3.23. The Morgan fingerprint density at radius 1 is 1.44 bits per heavy atom. The Morgan fingerprint density at radius 2 is 2.17 bits per heavy atom. The second-order valence-electron chi connectivity index (χ2n) is 4.32. The van der Waals surface area contributed by atoms with Crippen molar-refractivity contribution in [1.29, 1.82) is 0 Å². The molecule has 0 bridgehead atoms. The fourth-order valence-electron chi connectivity index (χ4n) is 2.37. The third kappa shape index (κ3) is 1.83. The summed E-state index contributed by atoms with van der Waals surface area (Å²) in [5.41, 5.74) is 2.19. The largest absolute Gasteiger partial charge is 0.497 e. The van der Waals surface area contributed by atoms with E-state index in [0.717, 1.165) is 29.4 Å². The summed E-state index contributed by atoms with van der Waals surface area (Å²) in [5.74, 6) is -0.198. The highest BCUT2D eigenvalue weighted by Crippen LogP contribution is 2.29. The molecule has 4 nitrogen and oxygen atoms in total. The van der Waals surface area contributed by atoms with Crippen molar-refractivity contribution >= 4 is 16.9 Å². The number of benzene rings is 1. The molecule has 0 saturated heterocycles. The monoisotopic (exact) mass is 247 g/mol. The molecule has 0 fully saturated rings. The molecule has 1 aromatic carbocycles. The van der Waals surface area contributed by atoms with Gasteiger partial charge in [0.25, 0.3) is 0 Å². The minimum absolute atomic E-state index is 0.397. The van der Waals surface area contributed by atoms with E-state index in [2.05, 4.69) is 0 Å². The average Bonchev–Trinajstić information content (AvgIpc) is 2.63. The maximum absolute atomic E-state index is 11.5. The summed E-state index contributed by atoms with van der Waals surface area (Å²) in [7, 11) is 3.49. The molecule has 96 valence electrons. The summed E-state index contributed by atoms with van der Waals surface area (Å²) in [5, 5.41) is 10.2. The van der Waals surface area contributed by atoms with Crippen molar-refractivity contribution in [3.8, 4) is 5.75 Å². The number of aromatic nitrogens is 1. The zero-order valence-electron chi connectivity index (χ0n) is 10.9. The molecule has 18 heavy (non-hydrogen) atoms. The Bertz CT molecular complexity index is 599. The predicted molar refractivity (Wildman–Crippen MR) is 70.4 cm³/mol. The molecule has 0 aliphatic heterocycles. The van der Waals surface area contributed by atoms with Gasteiger partial charge in [0.1, 0.15) is 5.75 Å². The minimum atomic E-state index is -0.877.